The number of H-pyrrole nitrogens is 1. The van der Waals surface area contributed by atoms with Crippen LogP contribution in [0.25, 0.3) is 11.0 Å². The van der Waals surface area contributed by atoms with Crippen molar-refractivity contribution in [2.45, 2.75) is 38.1 Å². The fraction of sp³-hybridized carbons (Fsp3) is 0.296. The van der Waals surface area contributed by atoms with E-state index in [0.717, 1.165) is 37.7 Å². The van der Waals surface area contributed by atoms with Gasteiger partial charge in [0.05, 0.1) is 16.0 Å². The SMILES string of the molecule is O=C(c1ccccc1Cl)c1c[nH]c2ncnc(N[C@H]3CC[C@@H](C(=O)NCCc4cccnc4)CC3)c12. The van der Waals surface area contributed by atoms with Gasteiger partial charge in [-0.05, 0) is 55.9 Å². The lowest BCUT2D eigenvalue weighted by Crippen LogP contribution is -2.36. The molecule has 1 aliphatic carbocycles. The molecule has 3 heterocycles. The second kappa shape index (κ2) is 10.9. The summed E-state index contributed by atoms with van der Waals surface area (Å²) in [6, 6.07) is 11.1. The van der Waals surface area contributed by atoms with Crippen LogP contribution in [0.4, 0.5) is 5.82 Å². The Kier molecular flexibility index (Phi) is 7.23. The first-order chi connectivity index (χ1) is 17.6. The summed E-state index contributed by atoms with van der Waals surface area (Å²) in [5, 5.41) is 7.62. The molecule has 0 spiro atoms. The summed E-state index contributed by atoms with van der Waals surface area (Å²) in [5.74, 6) is 0.546. The number of hydrogen-bond acceptors (Lipinski definition) is 6. The Morgan fingerprint density at radius 1 is 1.03 bits per heavy atom. The first-order valence-electron chi connectivity index (χ1n) is 12.1. The minimum absolute atomic E-state index is 0.00647. The van der Waals surface area contributed by atoms with Crippen molar-refractivity contribution >= 4 is 40.1 Å². The Labute approximate surface area is 213 Å². The zero-order valence-corrected chi connectivity index (χ0v) is 20.5. The number of aromatic nitrogens is 4. The number of carbonyl (C=O) groups is 2. The maximum atomic E-state index is 13.2. The van der Waals surface area contributed by atoms with Crippen LogP contribution in [0, 0.1) is 5.92 Å². The van der Waals surface area contributed by atoms with Gasteiger partial charge in [0.2, 0.25) is 5.91 Å². The van der Waals surface area contributed by atoms with Gasteiger partial charge in [-0.2, -0.15) is 0 Å². The van der Waals surface area contributed by atoms with Crippen LogP contribution in [0.15, 0.2) is 61.3 Å². The molecule has 5 rings (SSSR count). The van der Waals surface area contributed by atoms with Crippen molar-refractivity contribution in [2.24, 2.45) is 5.92 Å². The maximum absolute atomic E-state index is 13.2. The van der Waals surface area contributed by atoms with E-state index in [1.807, 2.05) is 18.3 Å². The van der Waals surface area contributed by atoms with E-state index in [2.05, 4.69) is 30.6 Å². The van der Waals surface area contributed by atoms with Gasteiger partial charge in [-0.25, -0.2) is 9.97 Å². The van der Waals surface area contributed by atoms with Crippen LogP contribution in [0.2, 0.25) is 5.02 Å². The van der Waals surface area contributed by atoms with Gasteiger partial charge in [-0.3, -0.25) is 14.6 Å². The normalized spacial score (nSPS) is 17.6. The zero-order chi connectivity index (χ0) is 24.9. The first kappa shape index (κ1) is 23.9. The quantitative estimate of drug-likeness (QED) is 0.304. The minimum atomic E-state index is -0.184. The predicted molar refractivity (Wildman–Crippen MR) is 139 cm³/mol. The molecule has 4 aromatic rings. The smallest absolute Gasteiger partial charge is 0.223 e. The predicted octanol–water partition coefficient (Wildman–Crippen LogP) is 4.57. The van der Waals surface area contributed by atoms with Crippen molar-refractivity contribution < 1.29 is 9.59 Å². The molecule has 0 saturated heterocycles. The molecule has 3 N–H and O–H groups in total. The third-order valence-electron chi connectivity index (χ3n) is 6.71. The minimum Gasteiger partial charge on any atom is -0.367 e. The molecule has 1 fully saturated rings. The molecule has 0 radical (unpaired) electrons. The molecule has 1 saturated carbocycles. The zero-order valence-electron chi connectivity index (χ0n) is 19.7. The van der Waals surface area contributed by atoms with E-state index >= 15 is 0 Å². The lowest BCUT2D eigenvalue weighted by atomic mass is 9.85. The Balaban J connectivity index is 1.21. The molecule has 1 amide bonds. The molecule has 1 aromatic carbocycles. The second-order valence-corrected chi connectivity index (χ2v) is 9.46. The van der Waals surface area contributed by atoms with Gasteiger partial charge < -0.3 is 15.6 Å². The number of nitrogens with zero attached hydrogens (tertiary/aromatic N) is 3. The highest BCUT2D eigenvalue weighted by molar-refractivity contribution is 6.35. The number of anilines is 1. The molecule has 9 heteroatoms. The molecule has 0 unspecified atom stereocenters. The van der Waals surface area contributed by atoms with Crippen molar-refractivity contribution in [1.82, 2.24) is 25.3 Å². The second-order valence-electron chi connectivity index (χ2n) is 9.05. The van der Waals surface area contributed by atoms with E-state index in [4.69, 9.17) is 11.6 Å². The summed E-state index contributed by atoms with van der Waals surface area (Å²) in [4.78, 5) is 41.8. The number of nitrogens with one attached hydrogen (secondary N) is 3. The Morgan fingerprint density at radius 3 is 2.64 bits per heavy atom. The van der Waals surface area contributed by atoms with Crippen molar-refractivity contribution in [3.63, 3.8) is 0 Å². The Hall–Kier alpha value is -3.78. The number of benzene rings is 1. The van der Waals surface area contributed by atoms with E-state index in [9.17, 15) is 9.59 Å². The third-order valence-corrected chi connectivity index (χ3v) is 7.04. The number of rotatable bonds is 8. The van der Waals surface area contributed by atoms with Crippen LogP contribution in [-0.2, 0) is 11.2 Å². The van der Waals surface area contributed by atoms with Crippen LogP contribution >= 0.6 is 11.6 Å². The summed E-state index contributed by atoms with van der Waals surface area (Å²) in [6.45, 7) is 0.608. The monoisotopic (exact) mass is 502 g/mol. The van der Waals surface area contributed by atoms with E-state index in [-0.39, 0.29) is 23.7 Å². The molecule has 184 valence electrons. The maximum Gasteiger partial charge on any atom is 0.223 e. The van der Waals surface area contributed by atoms with Gasteiger partial charge in [0.25, 0.3) is 0 Å². The lowest BCUT2D eigenvalue weighted by Gasteiger charge is -2.29. The average Bonchev–Trinajstić information content (AvgIpc) is 3.35. The Morgan fingerprint density at radius 2 is 1.86 bits per heavy atom. The molecule has 3 aromatic heterocycles. The van der Waals surface area contributed by atoms with Gasteiger partial charge in [-0.15, -0.1) is 0 Å². The van der Waals surface area contributed by atoms with Gasteiger partial charge in [0.1, 0.15) is 17.8 Å². The Bertz CT molecular complexity index is 1370. The van der Waals surface area contributed by atoms with Crippen LogP contribution in [-0.4, -0.2) is 44.2 Å². The summed E-state index contributed by atoms with van der Waals surface area (Å²) in [5.41, 5.74) is 2.61. The van der Waals surface area contributed by atoms with E-state index in [1.165, 1.54) is 6.33 Å². The van der Waals surface area contributed by atoms with Crippen molar-refractivity contribution in [3.05, 3.63) is 83.0 Å². The molecule has 0 bridgehead atoms. The number of amides is 1. The van der Waals surface area contributed by atoms with Crippen molar-refractivity contribution in [1.29, 1.82) is 0 Å². The average molecular weight is 503 g/mol. The summed E-state index contributed by atoms with van der Waals surface area (Å²) in [7, 11) is 0. The van der Waals surface area contributed by atoms with Crippen LogP contribution in [0.1, 0.15) is 47.2 Å². The topological polar surface area (TPSA) is 113 Å². The van der Waals surface area contributed by atoms with Gasteiger partial charge in [-0.1, -0.05) is 29.8 Å². The molecular weight excluding hydrogens is 476 g/mol. The molecule has 36 heavy (non-hydrogen) atoms. The molecular formula is C27H27ClN6O2. The van der Waals surface area contributed by atoms with Crippen molar-refractivity contribution in [2.75, 3.05) is 11.9 Å². The highest BCUT2D eigenvalue weighted by atomic mass is 35.5. The summed E-state index contributed by atoms with van der Waals surface area (Å²) < 4.78 is 0. The number of hydrogen-bond donors (Lipinski definition) is 3. The number of carbonyl (C=O) groups excluding carboxylic acids is 2. The number of ketones is 1. The fourth-order valence-corrected chi connectivity index (χ4v) is 4.98. The highest BCUT2D eigenvalue weighted by Gasteiger charge is 2.27. The van der Waals surface area contributed by atoms with Crippen molar-refractivity contribution in [3.8, 4) is 0 Å². The van der Waals surface area contributed by atoms with E-state index < -0.39 is 0 Å². The van der Waals surface area contributed by atoms with Gasteiger partial charge in [0, 0.05) is 42.7 Å². The van der Waals surface area contributed by atoms with Gasteiger partial charge >= 0.3 is 0 Å². The van der Waals surface area contributed by atoms with Gasteiger partial charge in [0.15, 0.2) is 5.78 Å². The largest absolute Gasteiger partial charge is 0.367 e. The molecule has 0 atom stereocenters. The van der Waals surface area contributed by atoms with Crippen LogP contribution in [0.3, 0.4) is 0 Å². The van der Waals surface area contributed by atoms with E-state index in [1.54, 1.807) is 36.7 Å². The van der Waals surface area contributed by atoms with Crippen LogP contribution < -0.4 is 10.6 Å². The molecule has 1 aliphatic rings. The standard InChI is InChI=1S/C27H27ClN6O2/c28-22-6-2-1-5-20(22)24(35)21-15-31-25-23(21)26(33-16-32-25)34-19-9-7-18(8-10-19)27(36)30-13-11-17-4-3-12-29-14-17/h1-6,12,14-16,18-19H,7-11,13H2,(H,30,36)(H2,31,32,33,34)/t18-,19+. The number of halogens is 1. The fourth-order valence-electron chi connectivity index (χ4n) is 4.76. The third kappa shape index (κ3) is 5.23. The number of fused-ring (bicyclic) bond motifs is 1. The first-order valence-corrected chi connectivity index (χ1v) is 12.5. The highest BCUT2D eigenvalue weighted by Crippen LogP contribution is 2.31. The molecule has 8 nitrogen and oxygen atoms in total. The summed E-state index contributed by atoms with van der Waals surface area (Å²) >= 11 is 6.27. The van der Waals surface area contributed by atoms with E-state index in [0.29, 0.717) is 39.5 Å². The molecule has 0 aliphatic heterocycles. The van der Waals surface area contributed by atoms with Crippen LogP contribution in [0.5, 0.6) is 0 Å². The lowest BCUT2D eigenvalue weighted by molar-refractivity contribution is -0.125. The summed E-state index contributed by atoms with van der Waals surface area (Å²) in [6.07, 6.45) is 10.7. The number of aromatic amines is 1. The number of pyridine rings is 1.